The largest absolute Gasteiger partial charge is 0.483 e. The zero-order valence-electron chi connectivity index (χ0n) is 17.1. The summed E-state index contributed by atoms with van der Waals surface area (Å²) in [4.78, 5) is 27.1. The third-order valence-electron chi connectivity index (χ3n) is 4.95. The summed E-state index contributed by atoms with van der Waals surface area (Å²) < 4.78 is 5.83. The second kappa shape index (κ2) is 9.24. The molecule has 0 saturated carbocycles. The van der Waals surface area contributed by atoms with E-state index < -0.39 is 0 Å². The van der Waals surface area contributed by atoms with Crippen LogP contribution in [-0.4, -0.2) is 36.4 Å². The number of para-hydroxylation sites is 1. The quantitative estimate of drug-likeness (QED) is 0.639. The van der Waals surface area contributed by atoms with Crippen LogP contribution >= 0.6 is 0 Å². The van der Waals surface area contributed by atoms with Gasteiger partial charge in [0.1, 0.15) is 5.75 Å². The minimum Gasteiger partial charge on any atom is -0.483 e. The molecule has 3 rings (SSSR count). The Morgan fingerprint density at radius 1 is 0.931 bits per heavy atom. The number of fused-ring (bicyclic) bond motifs is 1. The summed E-state index contributed by atoms with van der Waals surface area (Å²) in [6.07, 6.45) is 0. The normalized spacial score (nSPS) is 10.6. The van der Waals surface area contributed by atoms with Crippen LogP contribution in [-0.2, 0) is 4.79 Å². The van der Waals surface area contributed by atoms with E-state index in [0.29, 0.717) is 24.4 Å². The summed E-state index contributed by atoms with van der Waals surface area (Å²) in [5.74, 6) is 0.0269. The first-order chi connectivity index (χ1) is 14.0. The molecular weight excluding hydrogens is 364 g/mol. The number of benzene rings is 3. The van der Waals surface area contributed by atoms with Crippen molar-refractivity contribution >= 4 is 28.3 Å². The molecule has 0 fully saturated rings. The van der Waals surface area contributed by atoms with E-state index in [2.05, 4.69) is 5.32 Å². The summed E-state index contributed by atoms with van der Waals surface area (Å²) in [7, 11) is 0. The van der Waals surface area contributed by atoms with Gasteiger partial charge in [0.25, 0.3) is 11.8 Å². The average Bonchev–Trinajstić information content (AvgIpc) is 2.74. The number of anilines is 1. The topological polar surface area (TPSA) is 58.6 Å². The lowest BCUT2D eigenvalue weighted by atomic mass is 10.0. The van der Waals surface area contributed by atoms with E-state index in [1.54, 1.807) is 11.0 Å². The number of hydrogen-bond acceptors (Lipinski definition) is 3. The number of amides is 2. The Morgan fingerprint density at radius 3 is 2.21 bits per heavy atom. The molecule has 0 aliphatic heterocycles. The summed E-state index contributed by atoms with van der Waals surface area (Å²) in [5, 5.41) is 4.83. The fraction of sp³-hybridized carbons (Fsp3) is 0.250. The molecule has 150 valence electrons. The highest BCUT2D eigenvalue weighted by Crippen LogP contribution is 2.27. The van der Waals surface area contributed by atoms with E-state index in [-0.39, 0.29) is 18.4 Å². The van der Waals surface area contributed by atoms with Crippen molar-refractivity contribution in [2.45, 2.75) is 20.8 Å². The van der Waals surface area contributed by atoms with E-state index in [1.165, 1.54) is 0 Å². The maximum absolute atomic E-state index is 13.0. The number of aryl methyl sites for hydroxylation is 1. The Morgan fingerprint density at radius 2 is 1.55 bits per heavy atom. The van der Waals surface area contributed by atoms with Crippen LogP contribution in [0.15, 0.2) is 60.7 Å². The van der Waals surface area contributed by atoms with Gasteiger partial charge >= 0.3 is 0 Å². The van der Waals surface area contributed by atoms with Gasteiger partial charge in [0.05, 0.1) is 5.56 Å². The van der Waals surface area contributed by atoms with Crippen molar-refractivity contribution in [2.24, 2.45) is 0 Å². The Hall–Kier alpha value is -3.34. The van der Waals surface area contributed by atoms with E-state index >= 15 is 0 Å². The van der Waals surface area contributed by atoms with Crippen LogP contribution < -0.4 is 10.1 Å². The summed E-state index contributed by atoms with van der Waals surface area (Å²) in [6, 6.07) is 19.0. The summed E-state index contributed by atoms with van der Waals surface area (Å²) in [5.41, 5.74) is 2.12. The maximum atomic E-state index is 13.0. The fourth-order valence-corrected chi connectivity index (χ4v) is 3.23. The molecule has 0 aliphatic carbocycles. The van der Waals surface area contributed by atoms with Crippen LogP contribution in [0.2, 0.25) is 0 Å². The Kier molecular flexibility index (Phi) is 6.50. The molecule has 0 aromatic heterocycles. The molecule has 0 saturated heterocycles. The number of nitrogens with zero attached hydrogens (tertiary/aromatic N) is 1. The van der Waals surface area contributed by atoms with E-state index in [1.807, 2.05) is 75.4 Å². The number of nitrogens with one attached hydrogen (secondary N) is 1. The molecule has 3 aromatic rings. The molecule has 1 N–H and O–H groups in total. The number of ether oxygens (including phenoxy) is 1. The number of hydrogen-bond donors (Lipinski definition) is 1. The zero-order chi connectivity index (χ0) is 20.8. The van der Waals surface area contributed by atoms with Crippen molar-refractivity contribution in [1.82, 2.24) is 4.90 Å². The first kappa shape index (κ1) is 20.4. The highest BCUT2D eigenvalue weighted by molar-refractivity contribution is 6.09. The molecular formula is C24H26N2O3. The zero-order valence-corrected chi connectivity index (χ0v) is 17.1. The molecule has 2 amide bonds. The molecule has 0 aliphatic rings. The lowest BCUT2D eigenvalue weighted by molar-refractivity contribution is -0.132. The average molecular weight is 390 g/mol. The SMILES string of the molecule is CCN(CC)C(=O)COc1cc2ccccc2cc1C(=O)Nc1ccccc1C. The third kappa shape index (κ3) is 4.74. The molecule has 0 bridgehead atoms. The highest BCUT2D eigenvalue weighted by atomic mass is 16.5. The monoisotopic (exact) mass is 390 g/mol. The van der Waals surface area contributed by atoms with Crippen molar-refractivity contribution in [3.8, 4) is 5.75 Å². The third-order valence-corrected chi connectivity index (χ3v) is 4.95. The van der Waals surface area contributed by atoms with Crippen molar-refractivity contribution in [3.63, 3.8) is 0 Å². The molecule has 5 heteroatoms. The molecule has 0 atom stereocenters. The smallest absolute Gasteiger partial charge is 0.260 e. The predicted molar refractivity (Wildman–Crippen MR) is 117 cm³/mol. The molecule has 29 heavy (non-hydrogen) atoms. The van der Waals surface area contributed by atoms with Crippen LogP contribution in [0, 0.1) is 6.92 Å². The fourth-order valence-electron chi connectivity index (χ4n) is 3.23. The molecule has 0 spiro atoms. The van der Waals surface area contributed by atoms with Gasteiger partial charge in [0.2, 0.25) is 0 Å². The van der Waals surface area contributed by atoms with Crippen molar-refractivity contribution in [1.29, 1.82) is 0 Å². The van der Waals surface area contributed by atoms with Crippen LogP contribution in [0.4, 0.5) is 5.69 Å². The second-order valence-electron chi connectivity index (χ2n) is 6.82. The first-order valence-corrected chi connectivity index (χ1v) is 9.83. The molecule has 0 unspecified atom stereocenters. The molecule has 0 radical (unpaired) electrons. The van der Waals surface area contributed by atoms with Crippen LogP contribution in [0.25, 0.3) is 10.8 Å². The molecule has 5 nitrogen and oxygen atoms in total. The summed E-state index contributed by atoms with van der Waals surface area (Å²) in [6.45, 7) is 6.94. The lowest BCUT2D eigenvalue weighted by Crippen LogP contribution is -2.34. The predicted octanol–water partition coefficient (Wildman–Crippen LogP) is 4.65. The summed E-state index contributed by atoms with van der Waals surface area (Å²) >= 11 is 0. The molecule has 0 heterocycles. The van der Waals surface area contributed by atoms with Gasteiger partial charge in [-0.1, -0.05) is 42.5 Å². The van der Waals surface area contributed by atoms with Crippen molar-refractivity contribution in [2.75, 3.05) is 25.0 Å². The van der Waals surface area contributed by atoms with Crippen molar-refractivity contribution in [3.05, 3.63) is 71.8 Å². The second-order valence-corrected chi connectivity index (χ2v) is 6.82. The molecule has 3 aromatic carbocycles. The van der Waals surface area contributed by atoms with Crippen molar-refractivity contribution < 1.29 is 14.3 Å². The minimum absolute atomic E-state index is 0.103. The van der Waals surface area contributed by atoms with E-state index in [0.717, 1.165) is 22.0 Å². The standard InChI is InChI=1S/C24H26N2O3/c1-4-26(5-2)23(27)16-29-22-15-19-12-8-7-11-18(19)14-20(22)24(28)25-21-13-9-6-10-17(21)3/h6-15H,4-5,16H2,1-3H3,(H,25,28). The van der Waals surface area contributed by atoms with Gasteiger partial charge in [0, 0.05) is 18.8 Å². The van der Waals surface area contributed by atoms with Crippen LogP contribution in [0.5, 0.6) is 5.75 Å². The number of likely N-dealkylation sites (N-methyl/N-ethyl adjacent to an activating group) is 1. The van der Waals surface area contributed by atoms with Gasteiger partial charge in [-0.3, -0.25) is 9.59 Å². The highest BCUT2D eigenvalue weighted by Gasteiger charge is 2.17. The van der Waals surface area contributed by atoms with E-state index in [9.17, 15) is 9.59 Å². The minimum atomic E-state index is -0.268. The first-order valence-electron chi connectivity index (χ1n) is 9.83. The maximum Gasteiger partial charge on any atom is 0.260 e. The van der Waals surface area contributed by atoms with Gasteiger partial charge in [-0.15, -0.1) is 0 Å². The number of rotatable bonds is 7. The van der Waals surface area contributed by atoms with Crippen LogP contribution in [0.1, 0.15) is 29.8 Å². The van der Waals surface area contributed by atoms with Gasteiger partial charge in [-0.25, -0.2) is 0 Å². The lowest BCUT2D eigenvalue weighted by Gasteiger charge is -2.19. The Balaban J connectivity index is 1.91. The van der Waals surface area contributed by atoms with Gasteiger partial charge < -0.3 is 15.0 Å². The Bertz CT molecular complexity index is 1030. The van der Waals surface area contributed by atoms with Gasteiger partial charge in [-0.2, -0.15) is 0 Å². The van der Waals surface area contributed by atoms with E-state index in [4.69, 9.17) is 4.74 Å². The number of carbonyl (C=O) groups is 2. The van der Waals surface area contributed by atoms with Crippen LogP contribution in [0.3, 0.4) is 0 Å². The Labute approximate surface area is 171 Å². The number of carbonyl (C=O) groups excluding carboxylic acids is 2. The van der Waals surface area contributed by atoms with Gasteiger partial charge in [0.15, 0.2) is 6.61 Å². The van der Waals surface area contributed by atoms with Gasteiger partial charge in [-0.05, 0) is 55.3 Å².